The fraction of sp³-hybridized carbons (Fsp3) is 0.524. The summed E-state index contributed by atoms with van der Waals surface area (Å²) in [4.78, 5) is 4.34. The van der Waals surface area contributed by atoms with E-state index < -0.39 is 0 Å². The van der Waals surface area contributed by atoms with E-state index in [2.05, 4.69) is 34.6 Å². The molecule has 0 aliphatic heterocycles. The van der Waals surface area contributed by atoms with E-state index in [1.807, 2.05) is 38.1 Å². The minimum Gasteiger partial charge on any atom is -0.382 e. The van der Waals surface area contributed by atoms with Gasteiger partial charge in [0.2, 0.25) is 0 Å². The Labute approximate surface area is 167 Å². The Morgan fingerprint density at radius 1 is 1.18 bits per heavy atom. The van der Waals surface area contributed by atoms with Crippen molar-refractivity contribution in [2.24, 2.45) is 11.8 Å². The smallest absolute Gasteiger partial charge is 0.171 e. The van der Waals surface area contributed by atoms with Crippen molar-refractivity contribution in [3.05, 3.63) is 41.6 Å². The molecule has 0 radical (unpaired) electrons. The molecule has 0 aliphatic carbocycles. The Morgan fingerprint density at radius 3 is 2.54 bits per heavy atom. The number of hydrogen-bond donors (Lipinski definition) is 4. The van der Waals surface area contributed by atoms with Gasteiger partial charge in [-0.15, -0.1) is 5.10 Å². The molecule has 0 unspecified atom stereocenters. The van der Waals surface area contributed by atoms with Gasteiger partial charge in [0.1, 0.15) is 11.7 Å². The Hall–Kier alpha value is -2.70. The standard InChI is InChI=1S/C21H33N7/c1-5-16(6-2)14-26-19-13-18(21(23)28(27-19)20(22)15(3)4)25-12-10-17-9-7-8-11-24-17/h7-9,11,13,15-16,22-23,25H,5-6,10,12,14H2,1-4H3,(H,26,27). The van der Waals surface area contributed by atoms with E-state index in [0.29, 0.717) is 29.8 Å². The van der Waals surface area contributed by atoms with E-state index in [1.165, 1.54) is 4.68 Å². The molecular formula is C21H33N7. The highest BCUT2D eigenvalue weighted by Gasteiger charge is 2.13. The highest BCUT2D eigenvalue weighted by atomic mass is 15.3. The van der Waals surface area contributed by atoms with Crippen LogP contribution in [0.5, 0.6) is 0 Å². The number of nitrogens with one attached hydrogen (secondary N) is 4. The van der Waals surface area contributed by atoms with Crippen molar-refractivity contribution >= 4 is 17.3 Å². The maximum absolute atomic E-state index is 8.49. The van der Waals surface area contributed by atoms with E-state index in [1.54, 1.807) is 6.20 Å². The molecule has 0 aliphatic rings. The fourth-order valence-corrected chi connectivity index (χ4v) is 2.84. The van der Waals surface area contributed by atoms with Crippen LogP contribution in [0.15, 0.2) is 30.5 Å². The van der Waals surface area contributed by atoms with Crippen LogP contribution in [-0.4, -0.2) is 33.7 Å². The van der Waals surface area contributed by atoms with Gasteiger partial charge in [0.15, 0.2) is 5.49 Å². The van der Waals surface area contributed by atoms with Gasteiger partial charge >= 0.3 is 0 Å². The Bertz CT molecular complexity index is 807. The number of aromatic nitrogens is 3. The first-order valence-corrected chi connectivity index (χ1v) is 10.1. The van der Waals surface area contributed by atoms with Gasteiger partial charge in [-0.25, -0.2) is 0 Å². The van der Waals surface area contributed by atoms with Crippen molar-refractivity contribution in [3.8, 4) is 0 Å². The highest BCUT2D eigenvalue weighted by Crippen LogP contribution is 2.13. The van der Waals surface area contributed by atoms with Crippen molar-refractivity contribution in [1.82, 2.24) is 14.8 Å². The van der Waals surface area contributed by atoms with Gasteiger partial charge in [-0.1, -0.05) is 46.6 Å². The zero-order valence-electron chi connectivity index (χ0n) is 17.4. The quantitative estimate of drug-likeness (QED) is 0.371. The predicted molar refractivity (Wildman–Crippen MR) is 115 cm³/mol. The molecule has 0 amide bonds. The number of rotatable bonds is 10. The van der Waals surface area contributed by atoms with Crippen LogP contribution in [0.2, 0.25) is 0 Å². The Kier molecular flexibility index (Phi) is 8.17. The van der Waals surface area contributed by atoms with Crippen molar-refractivity contribution in [2.75, 3.05) is 23.7 Å². The van der Waals surface area contributed by atoms with Crippen LogP contribution in [-0.2, 0) is 6.42 Å². The van der Waals surface area contributed by atoms with Gasteiger partial charge < -0.3 is 10.6 Å². The number of hydrogen-bond acceptors (Lipinski definition) is 6. The summed E-state index contributed by atoms with van der Waals surface area (Å²) in [6, 6.07) is 7.74. The van der Waals surface area contributed by atoms with Gasteiger partial charge in [-0.3, -0.25) is 15.8 Å². The van der Waals surface area contributed by atoms with Crippen molar-refractivity contribution in [3.63, 3.8) is 0 Å². The molecular weight excluding hydrogens is 350 g/mol. The molecule has 0 aromatic carbocycles. The average Bonchev–Trinajstić information content (AvgIpc) is 2.70. The molecule has 0 fully saturated rings. The molecule has 152 valence electrons. The molecule has 0 saturated carbocycles. The zero-order chi connectivity index (χ0) is 20.5. The third-order valence-electron chi connectivity index (χ3n) is 4.88. The third kappa shape index (κ3) is 5.90. The summed E-state index contributed by atoms with van der Waals surface area (Å²) in [6.07, 6.45) is 4.77. The molecule has 7 heteroatoms. The van der Waals surface area contributed by atoms with E-state index in [9.17, 15) is 0 Å². The summed E-state index contributed by atoms with van der Waals surface area (Å²) in [5.74, 6) is 1.56. The molecule has 4 N–H and O–H groups in total. The predicted octanol–water partition coefficient (Wildman–Crippen LogP) is 3.74. The molecule has 2 rings (SSSR count). The van der Waals surface area contributed by atoms with Gasteiger partial charge in [-0.05, 0) is 18.1 Å². The van der Waals surface area contributed by atoms with Crippen LogP contribution >= 0.6 is 0 Å². The topological polar surface area (TPSA) is 102 Å². The van der Waals surface area contributed by atoms with E-state index in [4.69, 9.17) is 10.8 Å². The van der Waals surface area contributed by atoms with Crippen LogP contribution in [0.4, 0.5) is 11.5 Å². The van der Waals surface area contributed by atoms with Gasteiger partial charge in [0.05, 0.1) is 5.69 Å². The average molecular weight is 384 g/mol. The summed E-state index contributed by atoms with van der Waals surface area (Å²) >= 11 is 0. The van der Waals surface area contributed by atoms with Crippen LogP contribution in [0.3, 0.4) is 0 Å². The second kappa shape index (κ2) is 10.6. The Balaban J connectivity index is 2.21. The van der Waals surface area contributed by atoms with E-state index in [-0.39, 0.29) is 11.4 Å². The summed E-state index contributed by atoms with van der Waals surface area (Å²) < 4.78 is 1.42. The van der Waals surface area contributed by atoms with Crippen LogP contribution < -0.4 is 16.1 Å². The monoisotopic (exact) mass is 383 g/mol. The van der Waals surface area contributed by atoms with Crippen molar-refractivity contribution in [2.45, 2.75) is 47.0 Å². The first kappa shape index (κ1) is 21.6. The van der Waals surface area contributed by atoms with Gasteiger partial charge in [0, 0.05) is 43.4 Å². The lowest BCUT2D eigenvalue weighted by atomic mass is 10.0. The Morgan fingerprint density at radius 2 is 1.93 bits per heavy atom. The van der Waals surface area contributed by atoms with Gasteiger partial charge in [0.25, 0.3) is 0 Å². The SMILES string of the molecule is CCC(CC)CNc1cc(NCCc2ccccn2)c(=N)n(C(=N)C(C)C)n1. The maximum atomic E-state index is 8.49. The molecule has 2 aromatic rings. The summed E-state index contributed by atoms with van der Waals surface area (Å²) in [5.41, 5.74) is 1.88. The molecule has 7 nitrogen and oxygen atoms in total. The molecule has 2 aromatic heterocycles. The second-order valence-electron chi connectivity index (χ2n) is 7.30. The minimum atomic E-state index is -0.0164. The summed E-state index contributed by atoms with van der Waals surface area (Å²) in [5, 5.41) is 28.0. The summed E-state index contributed by atoms with van der Waals surface area (Å²) in [7, 11) is 0. The van der Waals surface area contributed by atoms with Crippen LogP contribution in [0.25, 0.3) is 0 Å². The highest BCUT2D eigenvalue weighted by molar-refractivity contribution is 5.83. The minimum absolute atomic E-state index is 0.0164. The molecule has 2 heterocycles. The number of anilines is 2. The molecule has 0 saturated heterocycles. The first-order valence-electron chi connectivity index (χ1n) is 10.1. The van der Waals surface area contributed by atoms with Crippen LogP contribution in [0, 0.1) is 22.7 Å². The van der Waals surface area contributed by atoms with Crippen molar-refractivity contribution < 1.29 is 0 Å². The molecule has 0 bridgehead atoms. The largest absolute Gasteiger partial charge is 0.382 e. The third-order valence-corrected chi connectivity index (χ3v) is 4.88. The van der Waals surface area contributed by atoms with Crippen LogP contribution in [0.1, 0.15) is 46.2 Å². The lowest BCUT2D eigenvalue weighted by Gasteiger charge is -2.18. The van der Waals surface area contributed by atoms with Gasteiger partial charge in [-0.2, -0.15) is 4.68 Å². The van der Waals surface area contributed by atoms with E-state index >= 15 is 0 Å². The normalized spacial score (nSPS) is 11.1. The lowest BCUT2D eigenvalue weighted by molar-refractivity contribution is 0.517. The van der Waals surface area contributed by atoms with E-state index in [0.717, 1.165) is 31.5 Å². The summed E-state index contributed by atoms with van der Waals surface area (Å²) in [6.45, 7) is 9.75. The molecule has 28 heavy (non-hydrogen) atoms. The maximum Gasteiger partial charge on any atom is 0.171 e. The fourth-order valence-electron chi connectivity index (χ4n) is 2.84. The first-order chi connectivity index (χ1) is 13.5. The lowest BCUT2D eigenvalue weighted by Crippen LogP contribution is -2.35. The second-order valence-corrected chi connectivity index (χ2v) is 7.30. The van der Waals surface area contributed by atoms with Crippen molar-refractivity contribution in [1.29, 1.82) is 10.8 Å². The molecule has 0 atom stereocenters. The zero-order valence-corrected chi connectivity index (χ0v) is 17.4. The molecule has 0 spiro atoms. The number of nitrogens with zero attached hydrogens (tertiary/aromatic N) is 3. The number of pyridine rings is 1.